The summed E-state index contributed by atoms with van der Waals surface area (Å²) in [6.45, 7) is 7.48. The molecule has 4 rings (SSSR count). The Labute approximate surface area is 191 Å². The topological polar surface area (TPSA) is 103 Å². The molecule has 0 saturated heterocycles. The van der Waals surface area contributed by atoms with Gasteiger partial charge in [0.2, 0.25) is 18.0 Å². The van der Waals surface area contributed by atoms with Crippen molar-refractivity contribution in [3.05, 3.63) is 93.9 Å². The van der Waals surface area contributed by atoms with E-state index in [2.05, 4.69) is 10.3 Å². The number of aromatic nitrogens is 2. The van der Waals surface area contributed by atoms with Gasteiger partial charge in [0.1, 0.15) is 16.9 Å². The Morgan fingerprint density at radius 3 is 2.21 bits per heavy atom. The Morgan fingerprint density at radius 2 is 1.67 bits per heavy atom. The number of hydrogen-bond acceptors (Lipinski definition) is 6. The number of ketones is 1. The number of hydrogen-bond donors (Lipinski definition) is 1. The average molecular weight is 444 g/mol. The van der Waals surface area contributed by atoms with Gasteiger partial charge in [0.15, 0.2) is 5.76 Å². The number of nitrogens with one attached hydrogen (secondary N) is 1. The van der Waals surface area contributed by atoms with Crippen molar-refractivity contribution in [2.45, 2.75) is 33.2 Å². The number of furan rings is 1. The predicted octanol–water partition coefficient (Wildman–Crippen LogP) is 5.79. The molecule has 2 heterocycles. The Balaban J connectivity index is 2.07. The molecule has 0 radical (unpaired) electrons. The molecule has 4 aromatic rings. The summed E-state index contributed by atoms with van der Waals surface area (Å²) in [5.74, 6) is 0.163. The average Bonchev–Trinajstić information content (AvgIpc) is 3.33. The number of benzene rings is 2. The second-order valence-corrected chi connectivity index (χ2v) is 8.70. The van der Waals surface area contributed by atoms with Crippen LogP contribution in [0.2, 0.25) is 0 Å². The predicted molar refractivity (Wildman–Crippen MR) is 126 cm³/mol. The van der Waals surface area contributed by atoms with Crippen molar-refractivity contribution in [1.82, 2.24) is 9.55 Å². The Bertz CT molecular complexity index is 1320. The van der Waals surface area contributed by atoms with Gasteiger partial charge in [-0.2, -0.15) is 0 Å². The molecule has 168 valence electrons. The van der Waals surface area contributed by atoms with E-state index in [9.17, 15) is 14.9 Å². The zero-order chi connectivity index (χ0) is 23.8. The molecule has 0 aliphatic carbocycles. The first kappa shape index (κ1) is 22.0. The van der Waals surface area contributed by atoms with Crippen molar-refractivity contribution < 1.29 is 14.1 Å². The van der Waals surface area contributed by atoms with Crippen LogP contribution in [0.4, 0.5) is 11.7 Å². The van der Waals surface area contributed by atoms with Crippen molar-refractivity contribution in [1.29, 1.82) is 0 Å². The van der Waals surface area contributed by atoms with Gasteiger partial charge in [0, 0.05) is 16.7 Å². The monoisotopic (exact) mass is 444 g/mol. The minimum absolute atomic E-state index is 0.265. The van der Waals surface area contributed by atoms with Gasteiger partial charge in [0.05, 0.1) is 0 Å². The third-order valence-corrected chi connectivity index (χ3v) is 5.06. The first-order valence-electron chi connectivity index (χ1n) is 10.5. The van der Waals surface area contributed by atoms with Crippen LogP contribution in [0.5, 0.6) is 0 Å². The van der Waals surface area contributed by atoms with Crippen molar-refractivity contribution >= 4 is 17.5 Å². The van der Waals surface area contributed by atoms with Gasteiger partial charge in [-0.05, 0) is 37.6 Å². The van der Waals surface area contributed by atoms with Gasteiger partial charge in [-0.25, -0.2) is 0 Å². The van der Waals surface area contributed by atoms with E-state index in [4.69, 9.17) is 4.42 Å². The molecule has 8 nitrogen and oxygen atoms in total. The SMILES string of the molecule is Cc1c([N+](=O)[O-])ncn1-c1c(-c2ccccc2)oc(NC(C)(C)C)c1C(=O)c1ccccc1. The summed E-state index contributed by atoms with van der Waals surface area (Å²) in [4.78, 5) is 28.7. The van der Waals surface area contributed by atoms with E-state index in [-0.39, 0.29) is 17.2 Å². The van der Waals surface area contributed by atoms with Crippen molar-refractivity contribution in [3.63, 3.8) is 0 Å². The third kappa shape index (κ3) is 4.27. The van der Waals surface area contributed by atoms with Crippen LogP contribution in [0, 0.1) is 17.0 Å². The van der Waals surface area contributed by atoms with Gasteiger partial charge < -0.3 is 19.8 Å². The van der Waals surface area contributed by atoms with Crippen LogP contribution >= 0.6 is 0 Å². The lowest BCUT2D eigenvalue weighted by Gasteiger charge is -2.20. The highest BCUT2D eigenvalue weighted by Gasteiger charge is 2.33. The van der Waals surface area contributed by atoms with Crippen molar-refractivity contribution in [3.8, 4) is 17.0 Å². The lowest BCUT2D eigenvalue weighted by Crippen LogP contribution is -2.27. The lowest BCUT2D eigenvalue weighted by atomic mass is 10.0. The number of nitrogens with zero attached hydrogens (tertiary/aromatic N) is 3. The second-order valence-electron chi connectivity index (χ2n) is 8.70. The molecule has 0 aliphatic rings. The molecule has 0 amide bonds. The van der Waals surface area contributed by atoms with Gasteiger partial charge in [-0.3, -0.25) is 9.36 Å². The van der Waals surface area contributed by atoms with Crippen LogP contribution in [0.15, 0.2) is 71.4 Å². The smallest absolute Gasteiger partial charge is 0.384 e. The Kier molecular flexibility index (Phi) is 5.59. The number of anilines is 1. The molecular weight excluding hydrogens is 420 g/mol. The summed E-state index contributed by atoms with van der Waals surface area (Å²) in [7, 11) is 0. The summed E-state index contributed by atoms with van der Waals surface area (Å²) < 4.78 is 7.83. The number of rotatable bonds is 6. The van der Waals surface area contributed by atoms with Crippen molar-refractivity contribution in [2.24, 2.45) is 0 Å². The molecule has 0 spiro atoms. The molecule has 0 aliphatic heterocycles. The normalized spacial score (nSPS) is 11.4. The van der Waals surface area contributed by atoms with Crippen LogP contribution in [0.3, 0.4) is 0 Å². The van der Waals surface area contributed by atoms with E-state index < -0.39 is 10.5 Å². The molecular formula is C25H24N4O4. The molecule has 0 fully saturated rings. The molecule has 0 bridgehead atoms. The first-order valence-corrected chi connectivity index (χ1v) is 10.5. The Morgan fingerprint density at radius 1 is 1.06 bits per heavy atom. The fourth-order valence-corrected chi connectivity index (χ4v) is 3.62. The summed E-state index contributed by atoms with van der Waals surface area (Å²) >= 11 is 0. The maximum Gasteiger partial charge on any atom is 0.384 e. The zero-order valence-electron chi connectivity index (χ0n) is 18.8. The van der Waals surface area contributed by atoms with E-state index in [0.717, 1.165) is 5.56 Å². The molecule has 2 aromatic heterocycles. The van der Waals surface area contributed by atoms with E-state index in [1.54, 1.807) is 35.8 Å². The van der Waals surface area contributed by atoms with E-state index in [1.807, 2.05) is 57.2 Å². The number of carbonyl (C=O) groups excluding carboxylic acids is 1. The molecule has 8 heteroatoms. The second kappa shape index (κ2) is 8.38. The number of nitro groups is 1. The largest absolute Gasteiger partial charge is 0.438 e. The van der Waals surface area contributed by atoms with Crippen LogP contribution in [0.1, 0.15) is 42.4 Å². The third-order valence-electron chi connectivity index (χ3n) is 5.06. The highest BCUT2D eigenvalue weighted by atomic mass is 16.6. The number of carbonyl (C=O) groups is 1. The minimum atomic E-state index is -0.541. The number of imidazole rings is 1. The highest BCUT2D eigenvalue weighted by Crippen LogP contribution is 2.41. The Hall–Kier alpha value is -4.20. The van der Waals surface area contributed by atoms with Crippen LogP contribution in [-0.4, -0.2) is 25.8 Å². The van der Waals surface area contributed by atoms with Gasteiger partial charge in [-0.1, -0.05) is 60.7 Å². The van der Waals surface area contributed by atoms with E-state index >= 15 is 0 Å². The van der Waals surface area contributed by atoms with Crippen LogP contribution < -0.4 is 5.32 Å². The van der Waals surface area contributed by atoms with Gasteiger partial charge in [-0.15, -0.1) is 0 Å². The highest BCUT2D eigenvalue weighted by molar-refractivity contribution is 6.15. The summed E-state index contributed by atoms with van der Waals surface area (Å²) in [5, 5.41) is 14.8. The molecule has 0 saturated carbocycles. The molecule has 0 unspecified atom stereocenters. The van der Waals surface area contributed by atoms with Crippen molar-refractivity contribution in [2.75, 3.05) is 5.32 Å². The molecule has 0 atom stereocenters. The zero-order valence-corrected chi connectivity index (χ0v) is 18.8. The van der Waals surface area contributed by atoms with Gasteiger partial charge >= 0.3 is 5.82 Å². The minimum Gasteiger partial charge on any atom is -0.438 e. The first-order chi connectivity index (χ1) is 15.7. The lowest BCUT2D eigenvalue weighted by molar-refractivity contribution is -0.389. The van der Waals surface area contributed by atoms with E-state index in [1.165, 1.54) is 6.33 Å². The molecule has 2 aromatic carbocycles. The summed E-state index contributed by atoms with van der Waals surface area (Å²) in [5.41, 5.74) is 1.77. The summed E-state index contributed by atoms with van der Waals surface area (Å²) in [6, 6.07) is 18.2. The molecule has 33 heavy (non-hydrogen) atoms. The quantitative estimate of drug-likeness (QED) is 0.229. The summed E-state index contributed by atoms with van der Waals surface area (Å²) in [6.07, 6.45) is 1.35. The van der Waals surface area contributed by atoms with Crippen LogP contribution in [0.25, 0.3) is 17.0 Å². The maximum atomic E-state index is 13.8. The fraction of sp³-hybridized carbons (Fsp3) is 0.200. The molecule has 1 N–H and O–H groups in total. The van der Waals surface area contributed by atoms with E-state index in [0.29, 0.717) is 28.6 Å². The standard InChI is InChI=1S/C25H24N4O4/c1-16-23(29(31)32)26-15-28(16)20-19(21(30)17-11-7-5-8-12-17)24(27-25(2,3)4)33-22(20)18-13-9-6-10-14-18/h5-15,27H,1-4H3. The maximum absolute atomic E-state index is 13.8. The fourth-order valence-electron chi connectivity index (χ4n) is 3.62. The van der Waals surface area contributed by atoms with Crippen LogP contribution in [-0.2, 0) is 0 Å². The van der Waals surface area contributed by atoms with Gasteiger partial charge in [0.25, 0.3) is 0 Å².